The molecule has 1 fully saturated rings. The third-order valence-corrected chi connectivity index (χ3v) is 6.78. The zero-order valence-corrected chi connectivity index (χ0v) is 14.9. The van der Waals surface area contributed by atoms with Gasteiger partial charge in [0.2, 0.25) is 5.91 Å². The van der Waals surface area contributed by atoms with Gasteiger partial charge in [-0.15, -0.1) is 0 Å². The average molecular weight is 337 g/mol. The van der Waals surface area contributed by atoms with Gasteiger partial charge in [0.15, 0.2) is 9.84 Å². The van der Waals surface area contributed by atoms with Crippen LogP contribution in [0.4, 0.5) is 0 Å². The van der Waals surface area contributed by atoms with Crippen LogP contribution in [0.15, 0.2) is 35.2 Å². The van der Waals surface area contributed by atoms with Gasteiger partial charge >= 0.3 is 0 Å². The molecule has 0 saturated carbocycles. The summed E-state index contributed by atoms with van der Waals surface area (Å²) >= 11 is 0. The van der Waals surface area contributed by atoms with Crippen LogP contribution in [0.1, 0.15) is 46.0 Å². The summed E-state index contributed by atoms with van der Waals surface area (Å²) in [6.07, 6.45) is 4.28. The standard InChI is InChI=1S/C18H27NO3S/c1-3-8-15(9-4-2)18(20)19-13-12-17(14-19)23(21,22)16-10-6-5-7-11-16/h5-7,10-11,15,17H,3-4,8-9,12-14H2,1-2H3. The van der Waals surface area contributed by atoms with E-state index in [-0.39, 0.29) is 11.8 Å². The molecule has 0 radical (unpaired) electrons. The fraction of sp³-hybridized carbons (Fsp3) is 0.611. The van der Waals surface area contributed by atoms with Gasteiger partial charge in [-0.3, -0.25) is 4.79 Å². The molecular weight excluding hydrogens is 310 g/mol. The van der Waals surface area contributed by atoms with E-state index in [4.69, 9.17) is 0 Å². The molecule has 1 unspecified atom stereocenters. The van der Waals surface area contributed by atoms with Crippen molar-refractivity contribution in [1.82, 2.24) is 4.90 Å². The molecule has 1 aromatic carbocycles. The highest BCUT2D eigenvalue weighted by Crippen LogP contribution is 2.26. The van der Waals surface area contributed by atoms with Crippen molar-refractivity contribution >= 4 is 15.7 Å². The second-order valence-corrected chi connectivity index (χ2v) is 8.56. The zero-order chi connectivity index (χ0) is 16.9. The van der Waals surface area contributed by atoms with Crippen molar-refractivity contribution in [2.75, 3.05) is 13.1 Å². The molecule has 1 heterocycles. The molecule has 1 aliphatic heterocycles. The smallest absolute Gasteiger partial charge is 0.225 e. The molecule has 1 amide bonds. The highest BCUT2D eigenvalue weighted by molar-refractivity contribution is 7.92. The Hall–Kier alpha value is -1.36. The van der Waals surface area contributed by atoms with Crippen LogP contribution in [0.25, 0.3) is 0 Å². The van der Waals surface area contributed by atoms with Crippen molar-refractivity contribution in [3.63, 3.8) is 0 Å². The SMILES string of the molecule is CCCC(CCC)C(=O)N1CCC(S(=O)(=O)c2ccccc2)C1. The molecular formula is C18H27NO3S. The topological polar surface area (TPSA) is 54.5 Å². The van der Waals surface area contributed by atoms with E-state index in [0.717, 1.165) is 25.7 Å². The van der Waals surface area contributed by atoms with Gasteiger partial charge in [-0.05, 0) is 31.4 Å². The molecule has 4 nitrogen and oxygen atoms in total. The Labute approximate surface area is 139 Å². The highest BCUT2D eigenvalue weighted by Gasteiger charge is 2.37. The summed E-state index contributed by atoms with van der Waals surface area (Å²) in [6, 6.07) is 8.56. The predicted octanol–water partition coefficient (Wildman–Crippen LogP) is 3.28. The summed E-state index contributed by atoms with van der Waals surface area (Å²) in [4.78, 5) is 14.8. The Morgan fingerprint density at radius 3 is 2.35 bits per heavy atom. The molecule has 0 aromatic heterocycles. The maximum Gasteiger partial charge on any atom is 0.225 e. The van der Waals surface area contributed by atoms with E-state index in [0.29, 0.717) is 24.4 Å². The Bertz CT molecular complexity index is 606. The maximum absolute atomic E-state index is 12.7. The molecule has 2 rings (SSSR count). The maximum atomic E-state index is 12.7. The van der Waals surface area contributed by atoms with E-state index in [9.17, 15) is 13.2 Å². The van der Waals surface area contributed by atoms with Gasteiger partial charge < -0.3 is 4.90 Å². The van der Waals surface area contributed by atoms with Crippen LogP contribution in [0, 0.1) is 5.92 Å². The third-order valence-electron chi connectivity index (χ3n) is 4.59. The van der Waals surface area contributed by atoms with Gasteiger partial charge in [0.05, 0.1) is 10.1 Å². The van der Waals surface area contributed by atoms with Gasteiger partial charge in [0, 0.05) is 19.0 Å². The number of carbonyl (C=O) groups excluding carboxylic acids is 1. The molecule has 0 bridgehead atoms. The summed E-state index contributed by atoms with van der Waals surface area (Å²) in [5.41, 5.74) is 0. The van der Waals surface area contributed by atoms with Crippen LogP contribution in [0.3, 0.4) is 0 Å². The summed E-state index contributed by atoms with van der Waals surface area (Å²) in [6.45, 7) is 5.06. The number of nitrogens with zero attached hydrogens (tertiary/aromatic N) is 1. The van der Waals surface area contributed by atoms with Crippen LogP contribution in [0.2, 0.25) is 0 Å². The lowest BCUT2D eigenvalue weighted by Gasteiger charge is -2.23. The Kier molecular flexibility index (Phi) is 6.22. The molecule has 1 saturated heterocycles. The Morgan fingerprint density at radius 1 is 1.17 bits per heavy atom. The normalized spacial score (nSPS) is 18.6. The summed E-state index contributed by atoms with van der Waals surface area (Å²) < 4.78 is 25.4. The first-order chi connectivity index (χ1) is 11.0. The summed E-state index contributed by atoms with van der Waals surface area (Å²) in [5, 5.41) is -0.474. The molecule has 23 heavy (non-hydrogen) atoms. The molecule has 0 aliphatic carbocycles. The number of rotatable bonds is 7. The van der Waals surface area contributed by atoms with Crippen LogP contribution in [0.5, 0.6) is 0 Å². The van der Waals surface area contributed by atoms with Crippen LogP contribution in [-0.4, -0.2) is 37.6 Å². The lowest BCUT2D eigenvalue weighted by molar-refractivity contribution is -0.134. The predicted molar refractivity (Wildman–Crippen MR) is 91.9 cm³/mol. The largest absolute Gasteiger partial charge is 0.341 e. The Balaban J connectivity index is 2.07. The van der Waals surface area contributed by atoms with Crippen LogP contribution in [-0.2, 0) is 14.6 Å². The lowest BCUT2D eigenvalue weighted by Crippen LogP contribution is -2.36. The van der Waals surface area contributed by atoms with E-state index < -0.39 is 15.1 Å². The van der Waals surface area contributed by atoms with Crippen LogP contribution >= 0.6 is 0 Å². The quantitative estimate of drug-likeness (QED) is 0.767. The zero-order valence-electron chi connectivity index (χ0n) is 14.1. The van der Waals surface area contributed by atoms with Gasteiger partial charge in [0.25, 0.3) is 0 Å². The second-order valence-electron chi connectivity index (χ2n) is 6.33. The highest BCUT2D eigenvalue weighted by atomic mass is 32.2. The van der Waals surface area contributed by atoms with Crippen molar-refractivity contribution in [3.05, 3.63) is 30.3 Å². The number of hydrogen-bond donors (Lipinski definition) is 0. The molecule has 128 valence electrons. The molecule has 1 aliphatic rings. The third kappa shape index (κ3) is 4.14. The lowest BCUT2D eigenvalue weighted by atomic mass is 9.97. The minimum Gasteiger partial charge on any atom is -0.341 e. The molecule has 0 spiro atoms. The fourth-order valence-corrected chi connectivity index (χ4v) is 5.04. The number of sulfone groups is 1. The average Bonchev–Trinajstić information content (AvgIpc) is 3.05. The van der Waals surface area contributed by atoms with Gasteiger partial charge in [-0.1, -0.05) is 44.9 Å². The van der Waals surface area contributed by atoms with E-state index in [1.54, 1.807) is 29.2 Å². The van der Waals surface area contributed by atoms with Crippen molar-refractivity contribution in [1.29, 1.82) is 0 Å². The van der Waals surface area contributed by atoms with Crippen molar-refractivity contribution in [2.45, 2.75) is 56.1 Å². The van der Waals surface area contributed by atoms with Crippen molar-refractivity contribution in [3.8, 4) is 0 Å². The number of amides is 1. The van der Waals surface area contributed by atoms with E-state index in [1.165, 1.54) is 0 Å². The van der Waals surface area contributed by atoms with Crippen molar-refractivity contribution in [2.24, 2.45) is 5.92 Å². The fourth-order valence-electron chi connectivity index (χ4n) is 3.33. The number of likely N-dealkylation sites (tertiary alicyclic amines) is 1. The number of hydrogen-bond acceptors (Lipinski definition) is 3. The number of carbonyl (C=O) groups is 1. The minimum absolute atomic E-state index is 0.0446. The second kappa shape index (κ2) is 7.95. The summed E-state index contributed by atoms with van der Waals surface area (Å²) in [5.74, 6) is 0.183. The first-order valence-electron chi connectivity index (χ1n) is 8.58. The monoisotopic (exact) mass is 337 g/mol. The molecule has 5 heteroatoms. The van der Waals surface area contributed by atoms with E-state index in [1.807, 2.05) is 6.07 Å². The number of benzene rings is 1. The molecule has 1 atom stereocenters. The van der Waals surface area contributed by atoms with Crippen molar-refractivity contribution < 1.29 is 13.2 Å². The van der Waals surface area contributed by atoms with Gasteiger partial charge in [-0.2, -0.15) is 0 Å². The summed E-state index contributed by atoms with van der Waals surface area (Å²) in [7, 11) is -3.35. The van der Waals surface area contributed by atoms with E-state index >= 15 is 0 Å². The van der Waals surface area contributed by atoms with Gasteiger partial charge in [-0.25, -0.2) is 8.42 Å². The first kappa shape index (κ1) is 18.0. The van der Waals surface area contributed by atoms with E-state index in [2.05, 4.69) is 13.8 Å². The molecule has 0 N–H and O–H groups in total. The first-order valence-corrected chi connectivity index (χ1v) is 10.1. The Morgan fingerprint density at radius 2 is 1.78 bits per heavy atom. The minimum atomic E-state index is -3.35. The van der Waals surface area contributed by atoms with Gasteiger partial charge in [0.1, 0.15) is 0 Å². The molecule has 1 aromatic rings. The van der Waals surface area contributed by atoms with Crippen LogP contribution < -0.4 is 0 Å².